The molecule has 0 spiro atoms. The average Bonchev–Trinajstić information content (AvgIpc) is 2.90. The van der Waals surface area contributed by atoms with Crippen molar-refractivity contribution in [3.05, 3.63) is 54.4 Å². The highest BCUT2D eigenvalue weighted by molar-refractivity contribution is 5.97. The molecule has 6 nitrogen and oxygen atoms in total. The second-order valence-corrected chi connectivity index (χ2v) is 3.53. The Labute approximate surface area is 97.8 Å². The first kappa shape index (κ1) is 9.86. The highest BCUT2D eigenvalue weighted by atomic mass is 15.5. The third kappa shape index (κ3) is 1.98. The van der Waals surface area contributed by atoms with E-state index in [1.807, 2.05) is 12.1 Å². The summed E-state index contributed by atoms with van der Waals surface area (Å²) in [6.07, 6.45) is 8.31. The van der Waals surface area contributed by atoms with E-state index in [0.717, 1.165) is 5.56 Å². The Balaban J connectivity index is 1.87. The summed E-state index contributed by atoms with van der Waals surface area (Å²) in [6.45, 7) is 0. The second-order valence-electron chi connectivity index (χ2n) is 3.53. The van der Waals surface area contributed by atoms with Gasteiger partial charge in [-0.05, 0) is 6.07 Å². The SMILES string of the molecule is c1cncc([C@@H]2N=C(c3cnccn3)NN2)c1. The quantitative estimate of drug-likeness (QED) is 0.776. The molecule has 0 aliphatic carbocycles. The van der Waals surface area contributed by atoms with Crippen molar-refractivity contribution in [1.29, 1.82) is 0 Å². The van der Waals surface area contributed by atoms with Gasteiger partial charge in [0.15, 0.2) is 5.84 Å². The van der Waals surface area contributed by atoms with E-state index in [1.165, 1.54) is 0 Å². The van der Waals surface area contributed by atoms with Gasteiger partial charge in [-0.25, -0.2) is 15.4 Å². The monoisotopic (exact) mass is 226 g/mol. The molecule has 0 bridgehead atoms. The summed E-state index contributed by atoms with van der Waals surface area (Å²) in [7, 11) is 0. The highest BCUT2D eigenvalue weighted by Gasteiger charge is 2.19. The van der Waals surface area contributed by atoms with Gasteiger partial charge in [-0.3, -0.25) is 9.97 Å². The Morgan fingerprint density at radius 2 is 2.00 bits per heavy atom. The molecule has 1 atom stereocenters. The van der Waals surface area contributed by atoms with Crippen LogP contribution < -0.4 is 10.9 Å². The first-order valence-corrected chi connectivity index (χ1v) is 5.19. The Hall–Kier alpha value is -2.34. The van der Waals surface area contributed by atoms with Crippen LogP contribution >= 0.6 is 0 Å². The predicted molar refractivity (Wildman–Crippen MR) is 61.8 cm³/mol. The van der Waals surface area contributed by atoms with Crippen molar-refractivity contribution in [1.82, 2.24) is 25.8 Å². The van der Waals surface area contributed by atoms with Crippen molar-refractivity contribution < 1.29 is 0 Å². The lowest BCUT2D eigenvalue weighted by atomic mass is 10.2. The number of hydrogen-bond acceptors (Lipinski definition) is 6. The molecule has 0 unspecified atom stereocenters. The maximum Gasteiger partial charge on any atom is 0.165 e. The number of hydrogen-bond donors (Lipinski definition) is 2. The zero-order valence-electron chi connectivity index (χ0n) is 8.91. The first-order chi connectivity index (χ1) is 8.43. The molecule has 2 aromatic rings. The van der Waals surface area contributed by atoms with Crippen LogP contribution in [0.25, 0.3) is 0 Å². The van der Waals surface area contributed by atoms with Crippen LogP contribution in [0.5, 0.6) is 0 Å². The van der Waals surface area contributed by atoms with Gasteiger partial charge < -0.3 is 5.43 Å². The summed E-state index contributed by atoms with van der Waals surface area (Å²) < 4.78 is 0. The topological polar surface area (TPSA) is 75.1 Å². The van der Waals surface area contributed by atoms with E-state index < -0.39 is 0 Å². The van der Waals surface area contributed by atoms with Gasteiger partial charge in [0.2, 0.25) is 0 Å². The van der Waals surface area contributed by atoms with Crippen LogP contribution in [0.2, 0.25) is 0 Å². The van der Waals surface area contributed by atoms with Crippen molar-refractivity contribution in [3.63, 3.8) is 0 Å². The fourth-order valence-corrected chi connectivity index (χ4v) is 1.58. The molecule has 0 saturated carbocycles. The summed E-state index contributed by atoms with van der Waals surface area (Å²) in [4.78, 5) is 16.7. The maximum atomic E-state index is 4.48. The van der Waals surface area contributed by atoms with E-state index >= 15 is 0 Å². The fourth-order valence-electron chi connectivity index (χ4n) is 1.58. The largest absolute Gasteiger partial charge is 0.302 e. The molecule has 0 amide bonds. The van der Waals surface area contributed by atoms with Crippen molar-refractivity contribution in [2.75, 3.05) is 0 Å². The van der Waals surface area contributed by atoms with Crippen LogP contribution in [0.15, 0.2) is 48.1 Å². The van der Waals surface area contributed by atoms with Gasteiger partial charge in [0.25, 0.3) is 0 Å². The van der Waals surface area contributed by atoms with Crippen LogP contribution in [-0.2, 0) is 0 Å². The first-order valence-electron chi connectivity index (χ1n) is 5.19. The molecule has 17 heavy (non-hydrogen) atoms. The van der Waals surface area contributed by atoms with Crippen LogP contribution in [-0.4, -0.2) is 20.8 Å². The molecule has 0 aromatic carbocycles. The predicted octanol–water partition coefficient (Wildman–Crippen LogP) is 0.425. The van der Waals surface area contributed by atoms with Crippen molar-refractivity contribution in [3.8, 4) is 0 Å². The van der Waals surface area contributed by atoms with E-state index in [4.69, 9.17) is 0 Å². The van der Waals surface area contributed by atoms with E-state index in [0.29, 0.717) is 11.5 Å². The van der Waals surface area contributed by atoms with Gasteiger partial charge in [-0.1, -0.05) is 6.07 Å². The van der Waals surface area contributed by atoms with Crippen molar-refractivity contribution >= 4 is 5.84 Å². The van der Waals surface area contributed by atoms with E-state index in [-0.39, 0.29) is 6.17 Å². The van der Waals surface area contributed by atoms with Crippen LogP contribution in [0.4, 0.5) is 0 Å². The van der Waals surface area contributed by atoms with Crippen molar-refractivity contribution in [2.45, 2.75) is 6.17 Å². The van der Waals surface area contributed by atoms with E-state index in [2.05, 4.69) is 30.8 Å². The fraction of sp³-hybridized carbons (Fsp3) is 0.0909. The number of pyridine rings is 1. The molecule has 3 rings (SSSR count). The molecule has 3 heterocycles. The van der Waals surface area contributed by atoms with E-state index in [1.54, 1.807) is 31.0 Å². The number of amidine groups is 1. The number of nitrogens with zero attached hydrogens (tertiary/aromatic N) is 4. The molecule has 2 aromatic heterocycles. The molecule has 0 radical (unpaired) electrons. The number of aliphatic imine (C=N–C) groups is 1. The second kappa shape index (κ2) is 4.26. The van der Waals surface area contributed by atoms with E-state index in [9.17, 15) is 0 Å². The minimum atomic E-state index is -0.138. The van der Waals surface area contributed by atoms with Gasteiger partial charge in [-0.2, -0.15) is 0 Å². The standard InChI is InChI=1S/C11H10N6/c1-2-8(6-12-3-1)10-15-11(17-16-10)9-7-13-4-5-14-9/h1-7,10,16H,(H,15,17)/t10-/m1/s1. The molecular formula is C11H10N6. The minimum absolute atomic E-state index is 0.138. The minimum Gasteiger partial charge on any atom is -0.302 e. The molecule has 0 saturated heterocycles. The molecule has 1 aliphatic rings. The van der Waals surface area contributed by atoms with Crippen LogP contribution in [0.3, 0.4) is 0 Å². The molecular weight excluding hydrogens is 216 g/mol. The number of rotatable bonds is 2. The Kier molecular flexibility index (Phi) is 2.47. The smallest absolute Gasteiger partial charge is 0.165 e. The van der Waals surface area contributed by atoms with Gasteiger partial charge in [0, 0.05) is 30.4 Å². The number of hydrazine groups is 1. The molecule has 0 fully saturated rings. The molecule has 6 heteroatoms. The number of nitrogens with one attached hydrogen (secondary N) is 2. The normalized spacial score (nSPS) is 18.6. The summed E-state index contributed by atoms with van der Waals surface area (Å²) >= 11 is 0. The lowest BCUT2D eigenvalue weighted by Gasteiger charge is -2.05. The number of aromatic nitrogens is 3. The zero-order chi connectivity index (χ0) is 11.5. The van der Waals surface area contributed by atoms with Gasteiger partial charge in [0.05, 0.1) is 6.20 Å². The maximum absolute atomic E-state index is 4.48. The molecule has 2 N–H and O–H groups in total. The Morgan fingerprint density at radius 1 is 1.06 bits per heavy atom. The van der Waals surface area contributed by atoms with Crippen molar-refractivity contribution in [2.24, 2.45) is 4.99 Å². The van der Waals surface area contributed by atoms with Crippen LogP contribution in [0, 0.1) is 0 Å². The Bertz CT molecular complexity index is 524. The van der Waals surface area contributed by atoms with Gasteiger partial charge in [0.1, 0.15) is 11.9 Å². The Morgan fingerprint density at radius 3 is 2.76 bits per heavy atom. The third-order valence-corrected chi connectivity index (χ3v) is 2.39. The summed E-state index contributed by atoms with van der Waals surface area (Å²) in [6, 6.07) is 3.85. The lowest BCUT2D eigenvalue weighted by molar-refractivity contribution is 0.573. The molecule has 84 valence electrons. The third-order valence-electron chi connectivity index (χ3n) is 2.39. The summed E-state index contributed by atoms with van der Waals surface area (Å²) in [5, 5.41) is 0. The van der Waals surface area contributed by atoms with Gasteiger partial charge in [-0.15, -0.1) is 0 Å². The lowest BCUT2D eigenvalue weighted by Crippen LogP contribution is -2.32. The highest BCUT2D eigenvalue weighted by Crippen LogP contribution is 2.16. The molecule has 1 aliphatic heterocycles. The van der Waals surface area contributed by atoms with Crippen LogP contribution in [0.1, 0.15) is 17.4 Å². The van der Waals surface area contributed by atoms with Gasteiger partial charge >= 0.3 is 0 Å². The summed E-state index contributed by atoms with van der Waals surface area (Å²) in [5.41, 5.74) is 7.76. The zero-order valence-corrected chi connectivity index (χ0v) is 8.91. The summed E-state index contributed by atoms with van der Waals surface area (Å²) in [5.74, 6) is 0.687. The average molecular weight is 226 g/mol.